The van der Waals surface area contributed by atoms with Crippen molar-refractivity contribution in [1.29, 1.82) is 0 Å². The van der Waals surface area contributed by atoms with Crippen LogP contribution in [0.1, 0.15) is 25.7 Å². The van der Waals surface area contributed by atoms with Crippen LogP contribution in [-0.2, 0) is 4.79 Å². The van der Waals surface area contributed by atoms with Crippen molar-refractivity contribution in [2.24, 2.45) is 11.1 Å². The number of nitrogens with two attached hydrogens (primary N) is 1. The Bertz CT molecular complexity index is 198. The molecule has 2 N–H and O–H groups in total. The summed E-state index contributed by atoms with van der Waals surface area (Å²) in [4.78, 5) is 11.3. The first kappa shape index (κ1) is 8.29. The Morgan fingerprint density at radius 2 is 2.27 bits per heavy atom. The predicted molar refractivity (Wildman–Crippen MR) is 43.8 cm³/mol. The molecule has 0 aromatic rings. The van der Waals surface area contributed by atoms with Crippen LogP contribution in [0.3, 0.4) is 0 Å². The van der Waals surface area contributed by atoms with Gasteiger partial charge in [0.25, 0.3) is 0 Å². The summed E-state index contributed by atoms with van der Waals surface area (Å²) in [5.74, 6) is 2.72. The molecule has 1 aliphatic rings. The molecule has 1 rings (SSSR count). The molecule has 0 aromatic heterocycles. The van der Waals surface area contributed by atoms with Gasteiger partial charge >= 0.3 is 0 Å². The Morgan fingerprint density at radius 1 is 1.64 bits per heavy atom. The average Bonchev–Trinajstić information content (AvgIpc) is 2.80. The summed E-state index contributed by atoms with van der Waals surface area (Å²) in [7, 11) is 0. The lowest BCUT2D eigenvalue weighted by molar-refractivity contribution is -0.123. The van der Waals surface area contributed by atoms with Crippen LogP contribution < -0.4 is 5.73 Å². The van der Waals surface area contributed by atoms with E-state index in [0.717, 1.165) is 12.8 Å². The van der Waals surface area contributed by atoms with Crippen LogP contribution in [0.25, 0.3) is 0 Å². The number of carbonyl (C=O) groups excluding carboxylic acids is 1. The Morgan fingerprint density at radius 3 is 2.64 bits per heavy atom. The molecular formula is C9H13NO. The van der Waals surface area contributed by atoms with E-state index in [0.29, 0.717) is 19.4 Å². The Kier molecular flexibility index (Phi) is 2.31. The molecule has 0 bridgehead atoms. The van der Waals surface area contributed by atoms with Crippen molar-refractivity contribution in [3.05, 3.63) is 0 Å². The Labute approximate surface area is 67.2 Å². The van der Waals surface area contributed by atoms with Gasteiger partial charge < -0.3 is 5.73 Å². The maximum absolute atomic E-state index is 11.3. The number of Topliss-reactive ketones (excluding diaryl/α,β-unsaturated/α-hetero) is 1. The Balaban J connectivity index is 2.37. The average molecular weight is 151 g/mol. The van der Waals surface area contributed by atoms with E-state index < -0.39 is 0 Å². The fourth-order valence-corrected chi connectivity index (χ4v) is 1.20. The second-order valence-corrected chi connectivity index (χ2v) is 3.11. The van der Waals surface area contributed by atoms with Gasteiger partial charge in [0, 0.05) is 24.8 Å². The molecule has 0 aliphatic heterocycles. The molecule has 0 spiro atoms. The third-order valence-corrected chi connectivity index (χ3v) is 2.33. The third kappa shape index (κ3) is 1.61. The number of hydrogen-bond donors (Lipinski definition) is 1. The number of rotatable bonds is 4. The molecule has 1 saturated carbocycles. The lowest BCUT2D eigenvalue weighted by Gasteiger charge is -2.08. The minimum absolute atomic E-state index is 0.156. The SMILES string of the molecule is C#CCCC(=O)C1(CN)CC1. The summed E-state index contributed by atoms with van der Waals surface area (Å²) in [6, 6.07) is 0. The van der Waals surface area contributed by atoms with Crippen LogP contribution in [0.5, 0.6) is 0 Å². The number of carbonyl (C=O) groups is 1. The fourth-order valence-electron chi connectivity index (χ4n) is 1.20. The summed E-state index contributed by atoms with van der Waals surface area (Å²) in [5, 5.41) is 0. The van der Waals surface area contributed by atoms with Gasteiger partial charge in [0.15, 0.2) is 0 Å². The molecule has 11 heavy (non-hydrogen) atoms. The molecule has 2 nitrogen and oxygen atoms in total. The van der Waals surface area contributed by atoms with E-state index >= 15 is 0 Å². The molecule has 0 aromatic carbocycles. The first-order valence-electron chi connectivity index (χ1n) is 3.92. The van der Waals surface area contributed by atoms with Gasteiger partial charge in [0.05, 0.1) is 0 Å². The van der Waals surface area contributed by atoms with Crippen LogP contribution in [-0.4, -0.2) is 12.3 Å². The normalized spacial score (nSPS) is 18.9. The van der Waals surface area contributed by atoms with E-state index in [1.54, 1.807) is 0 Å². The van der Waals surface area contributed by atoms with Gasteiger partial charge in [-0.25, -0.2) is 0 Å². The summed E-state index contributed by atoms with van der Waals surface area (Å²) >= 11 is 0. The maximum atomic E-state index is 11.3. The van der Waals surface area contributed by atoms with E-state index in [9.17, 15) is 4.79 Å². The number of terminal acetylenes is 1. The Hall–Kier alpha value is -0.810. The minimum atomic E-state index is -0.156. The van der Waals surface area contributed by atoms with E-state index in [-0.39, 0.29) is 11.2 Å². The standard InChI is InChI=1S/C9H13NO/c1-2-3-4-8(11)9(7-10)5-6-9/h1H,3-7,10H2. The van der Waals surface area contributed by atoms with Crippen LogP contribution in [0.15, 0.2) is 0 Å². The third-order valence-electron chi connectivity index (χ3n) is 2.33. The van der Waals surface area contributed by atoms with Crippen LogP contribution in [0.2, 0.25) is 0 Å². The van der Waals surface area contributed by atoms with Crippen molar-refractivity contribution in [1.82, 2.24) is 0 Å². The van der Waals surface area contributed by atoms with Crippen molar-refractivity contribution >= 4 is 5.78 Å². The molecule has 1 aliphatic carbocycles. The zero-order valence-corrected chi connectivity index (χ0v) is 6.60. The fraction of sp³-hybridized carbons (Fsp3) is 0.667. The molecule has 0 heterocycles. The van der Waals surface area contributed by atoms with Crippen molar-refractivity contribution < 1.29 is 4.79 Å². The molecule has 0 radical (unpaired) electrons. The lowest BCUT2D eigenvalue weighted by Crippen LogP contribution is -2.24. The van der Waals surface area contributed by atoms with Crippen molar-refractivity contribution in [3.63, 3.8) is 0 Å². The summed E-state index contributed by atoms with van der Waals surface area (Å²) < 4.78 is 0. The first-order chi connectivity index (χ1) is 5.25. The van der Waals surface area contributed by atoms with Gasteiger partial charge in [-0.1, -0.05) is 0 Å². The highest BCUT2D eigenvalue weighted by Crippen LogP contribution is 2.46. The molecule has 60 valence electrons. The molecule has 0 amide bonds. The summed E-state index contributed by atoms with van der Waals surface area (Å²) in [6.07, 6.45) is 8.04. The largest absolute Gasteiger partial charge is 0.329 e. The first-order valence-corrected chi connectivity index (χ1v) is 3.92. The number of ketones is 1. The van der Waals surface area contributed by atoms with E-state index in [1.807, 2.05) is 0 Å². The molecule has 0 atom stereocenters. The van der Waals surface area contributed by atoms with E-state index in [4.69, 9.17) is 12.2 Å². The quantitative estimate of drug-likeness (QED) is 0.601. The second-order valence-electron chi connectivity index (χ2n) is 3.11. The van der Waals surface area contributed by atoms with Crippen LogP contribution in [0, 0.1) is 17.8 Å². The topological polar surface area (TPSA) is 43.1 Å². The van der Waals surface area contributed by atoms with E-state index in [2.05, 4.69) is 5.92 Å². The molecule has 2 heteroatoms. The highest BCUT2D eigenvalue weighted by atomic mass is 16.1. The molecule has 1 fully saturated rings. The van der Waals surface area contributed by atoms with E-state index in [1.165, 1.54) is 0 Å². The van der Waals surface area contributed by atoms with Gasteiger partial charge in [-0.2, -0.15) is 0 Å². The smallest absolute Gasteiger partial charge is 0.141 e. The van der Waals surface area contributed by atoms with Crippen molar-refractivity contribution in [3.8, 4) is 12.3 Å². The molecule has 0 unspecified atom stereocenters. The summed E-state index contributed by atoms with van der Waals surface area (Å²) in [6.45, 7) is 0.496. The number of hydrogen-bond acceptors (Lipinski definition) is 2. The highest BCUT2D eigenvalue weighted by Gasteiger charge is 2.47. The zero-order chi connectivity index (χ0) is 8.32. The van der Waals surface area contributed by atoms with Gasteiger partial charge in [0.2, 0.25) is 0 Å². The molecule has 0 saturated heterocycles. The van der Waals surface area contributed by atoms with Gasteiger partial charge in [-0.15, -0.1) is 12.3 Å². The van der Waals surface area contributed by atoms with Gasteiger partial charge in [0.1, 0.15) is 5.78 Å². The highest BCUT2D eigenvalue weighted by molar-refractivity contribution is 5.87. The minimum Gasteiger partial charge on any atom is -0.329 e. The van der Waals surface area contributed by atoms with Crippen molar-refractivity contribution in [2.75, 3.05) is 6.54 Å². The lowest BCUT2D eigenvalue weighted by atomic mass is 9.98. The van der Waals surface area contributed by atoms with Crippen molar-refractivity contribution in [2.45, 2.75) is 25.7 Å². The maximum Gasteiger partial charge on any atom is 0.141 e. The predicted octanol–water partition coefficient (Wildman–Crippen LogP) is 0.708. The summed E-state index contributed by atoms with van der Waals surface area (Å²) in [5.41, 5.74) is 5.31. The molecular weight excluding hydrogens is 138 g/mol. The van der Waals surface area contributed by atoms with Crippen LogP contribution >= 0.6 is 0 Å². The monoisotopic (exact) mass is 151 g/mol. The zero-order valence-electron chi connectivity index (χ0n) is 6.60. The van der Waals surface area contributed by atoms with Gasteiger partial charge in [-0.05, 0) is 12.8 Å². The second kappa shape index (κ2) is 3.06. The van der Waals surface area contributed by atoms with Crippen LogP contribution in [0.4, 0.5) is 0 Å². The van der Waals surface area contributed by atoms with Gasteiger partial charge in [-0.3, -0.25) is 4.79 Å².